The Morgan fingerprint density at radius 3 is 1.92 bits per heavy atom. The number of carbonyl (C=O) groups excluding carboxylic acids is 1. The van der Waals surface area contributed by atoms with Crippen molar-refractivity contribution < 1.29 is 35.9 Å². The summed E-state index contributed by atoms with van der Waals surface area (Å²) in [6.07, 6.45) is 1.81. The van der Waals surface area contributed by atoms with Crippen LogP contribution in [-0.4, -0.2) is 31.9 Å². The molecule has 0 radical (unpaired) electrons. The first-order valence-electron chi connectivity index (χ1n) is 3.24. The van der Waals surface area contributed by atoms with E-state index in [2.05, 4.69) is 0 Å². The van der Waals surface area contributed by atoms with Gasteiger partial charge in [0, 0.05) is 20.0 Å². The van der Waals surface area contributed by atoms with Gasteiger partial charge in [-0.25, -0.2) is 0 Å². The van der Waals surface area contributed by atoms with Crippen molar-refractivity contribution in [1.82, 2.24) is 4.90 Å². The maximum absolute atomic E-state index is 10.5. The van der Waals surface area contributed by atoms with Crippen LogP contribution in [0, 0.1) is 0 Å². The van der Waals surface area contributed by atoms with Gasteiger partial charge in [-0.15, -0.1) is 0 Å². The number of nitrogens with zero attached hydrogens (tertiary/aromatic N) is 1. The summed E-state index contributed by atoms with van der Waals surface area (Å²) in [4.78, 5) is 12.3. The monoisotopic (exact) mass is 263 g/mol. The Morgan fingerprint density at radius 1 is 1.42 bits per heavy atom. The Morgan fingerprint density at radius 2 is 1.83 bits per heavy atom. The van der Waals surface area contributed by atoms with E-state index in [1.807, 2.05) is 7.05 Å². The second kappa shape index (κ2) is 4.64. The molecule has 0 aromatic rings. The van der Waals surface area contributed by atoms with Crippen LogP contribution in [0.25, 0.3) is 0 Å². The van der Waals surface area contributed by atoms with Crippen LogP contribution in [0.15, 0.2) is 0 Å². The fourth-order valence-electron chi connectivity index (χ4n) is 0.783. The summed E-state index contributed by atoms with van der Waals surface area (Å²) in [6.45, 7) is 0.957. The van der Waals surface area contributed by atoms with Crippen LogP contribution in [-0.2, 0) is 28.3 Å². The van der Waals surface area contributed by atoms with Crippen molar-refractivity contribution in [2.75, 3.05) is 13.6 Å². The second-order valence-electron chi connectivity index (χ2n) is 2.37. The van der Waals surface area contributed by atoms with Crippen molar-refractivity contribution in [3.63, 3.8) is 0 Å². The van der Waals surface area contributed by atoms with Crippen LogP contribution in [0.4, 0.5) is 0 Å². The Balaban J connectivity index is 0.000000217. The quantitative estimate of drug-likeness (QED) is 0.539. The van der Waals surface area contributed by atoms with Crippen molar-refractivity contribution in [3.05, 3.63) is 0 Å². The van der Waals surface area contributed by atoms with E-state index < -0.39 is 16.7 Å². The Kier molecular flexibility index (Phi) is 4.52. The molecular formula is C5H11MoNO5. The molecule has 2 N–H and O–H groups in total. The van der Waals surface area contributed by atoms with E-state index in [0.717, 1.165) is 19.4 Å². The van der Waals surface area contributed by atoms with Crippen LogP contribution in [0.3, 0.4) is 0 Å². The summed E-state index contributed by atoms with van der Waals surface area (Å²) in [6, 6.07) is 0. The van der Waals surface area contributed by atoms with Gasteiger partial charge in [0.15, 0.2) is 0 Å². The summed E-state index contributed by atoms with van der Waals surface area (Å²) in [5, 5.41) is 0. The van der Waals surface area contributed by atoms with Crippen LogP contribution < -0.4 is 0 Å². The molecule has 0 bridgehead atoms. The zero-order valence-electron chi connectivity index (χ0n) is 6.60. The summed E-state index contributed by atoms with van der Waals surface area (Å²) < 4.78 is 32.0. The third-order valence-electron chi connectivity index (χ3n) is 1.31. The van der Waals surface area contributed by atoms with Gasteiger partial charge < -0.3 is 4.90 Å². The summed E-state index contributed by atoms with van der Waals surface area (Å²) in [5.41, 5.74) is 0. The minimum absolute atomic E-state index is 0.292. The van der Waals surface area contributed by atoms with Crippen molar-refractivity contribution in [3.8, 4) is 0 Å². The molecule has 7 heteroatoms. The summed E-state index contributed by atoms with van der Waals surface area (Å²) in [7, 11) is 1.84. The first-order chi connectivity index (χ1) is 5.30. The molecule has 1 rings (SSSR count). The fourth-order valence-corrected chi connectivity index (χ4v) is 0.783. The molecule has 1 aliphatic heterocycles. The second-order valence-corrected chi connectivity index (χ2v) is 4.57. The average Bonchev–Trinajstić information content (AvgIpc) is 2.12. The van der Waals surface area contributed by atoms with Crippen LogP contribution in [0.1, 0.15) is 12.8 Å². The van der Waals surface area contributed by atoms with E-state index in [9.17, 15) is 4.79 Å². The first kappa shape index (κ1) is 11.7. The van der Waals surface area contributed by atoms with Crippen molar-refractivity contribution in [1.29, 1.82) is 0 Å². The molecule has 1 amide bonds. The van der Waals surface area contributed by atoms with E-state index in [4.69, 9.17) is 14.3 Å². The molecule has 6 nitrogen and oxygen atoms in total. The van der Waals surface area contributed by atoms with Crippen LogP contribution in [0.5, 0.6) is 0 Å². The van der Waals surface area contributed by atoms with Gasteiger partial charge in [-0.2, -0.15) is 0 Å². The van der Waals surface area contributed by atoms with Gasteiger partial charge in [0.1, 0.15) is 0 Å². The number of amides is 1. The number of carbonyl (C=O) groups is 1. The molecule has 0 atom stereocenters. The summed E-state index contributed by atoms with van der Waals surface area (Å²) in [5.74, 6) is 0.292. The molecule has 0 aromatic heterocycles. The zero-order valence-corrected chi connectivity index (χ0v) is 8.60. The molecule has 1 heterocycles. The Bertz CT molecular complexity index is 239. The molecule has 72 valence electrons. The molecule has 1 fully saturated rings. The molecular weight excluding hydrogens is 250 g/mol. The van der Waals surface area contributed by atoms with E-state index in [0.29, 0.717) is 5.91 Å². The standard InChI is InChI=1S/C5H9NO.Mo.2H2O.2O/c1-6-4-2-3-5(6)7;;;;;/h2-4H2,1H3;;2*1H2;;/q;+2;;;;/p-2. The van der Waals surface area contributed by atoms with E-state index in [1.54, 1.807) is 4.90 Å². The molecule has 0 saturated carbocycles. The van der Waals surface area contributed by atoms with E-state index >= 15 is 0 Å². The average molecular weight is 261 g/mol. The number of hydrogen-bond donors (Lipinski definition) is 2. The topological polar surface area (TPSA) is 94.9 Å². The van der Waals surface area contributed by atoms with E-state index in [-0.39, 0.29) is 0 Å². The number of rotatable bonds is 0. The van der Waals surface area contributed by atoms with E-state index in [1.165, 1.54) is 0 Å². The van der Waals surface area contributed by atoms with Gasteiger partial charge in [-0.3, -0.25) is 4.79 Å². The predicted octanol–water partition coefficient (Wildman–Crippen LogP) is -1.12. The van der Waals surface area contributed by atoms with Crippen LogP contribution in [0.2, 0.25) is 0 Å². The SMILES string of the molecule is CN1CCCC1=O.[O]=[Mo](=[O])([OH])[OH]. The number of likely N-dealkylation sites (tertiary alicyclic amines) is 1. The summed E-state index contributed by atoms with van der Waals surface area (Å²) >= 11 is -5.52. The molecule has 0 aromatic carbocycles. The Hall–Kier alpha value is -0.322. The van der Waals surface area contributed by atoms with Gasteiger partial charge in [0.05, 0.1) is 0 Å². The third kappa shape index (κ3) is 7.78. The zero-order chi connectivity index (χ0) is 9.78. The minimum atomic E-state index is -5.52. The van der Waals surface area contributed by atoms with Gasteiger partial charge in [-0.1, -0.05) is 0 Å². The molecule has 12 heavy (non-hydrogen) atoms. The van der Waals surface area contributed by atoms with Crippen molar-refractivity contribution >= 4 is 5.91 Å². The van der Waals surface area contributed by atoms with Gasteiger partial charge in [0.2, 0.25) is 5.91 Å². The first-order valence-corrected chi connectivity index (χ1v) is 6.68. The Labute approximate surface area is 73.5 Å². The molecule has 1 saturated heterocycles. The molecule has 0 aliphatic carbocycles. The molecule has 0 unspecified atom stereocenters. The fraction of sp³-hybridized carbons (Fsp3) is 0.800. The van der Waals surface area contributed by atoms with Crippen LogP contribution >= 0.6 is 0 Å². The van der Waals surface area contributed by atoms with Gasteiger partial charge >= 0.3 is 31.1 Å². The van der Waals surface area contributed by atoms with Crippen molar-refractivity contribution in [2.45, 2.75) is 12.8 Å². The van der Waals surface area contributed by atoms with Crippen molar-refractivity contribution in [2.24, 2.45) is 0 Å². The van der Waals surface area contributed by atoms with Gasteiger partial charge in [-0.05, 0) is 6.42 Å². The molecule has 1 aliphatic rings. The van der Waals surface area contributed by atoms with Gasteiger partial charge in [0.25, 0.3) is 0 Å². The normalized spacial score (nSPS) is 17.2. The number of hydrogen-bond acceptors (Lipinski definition) is 3. The predicted molar refractivity (Wildman–Crippen MR) is 32.7 cm³/mol. The third-order valence-corrected chi connectivity index (χ3v) is 1.31. The maximum atomic E-state index is 10.5. The molecule has 0 spiro atoms.